The molecule has 0 saturated carbocycles. The van der Waals surface area contributed by atoms with E-state index < -0.39 is 0 Å². The number of nitrogens with two attached hydrogens (primary N) is 1. The molecule has 0 unspecified atom stereocenters. The number of fused-ring (bicyclic) bond motifs is 9. The van der Waals surface area contributed by atoms with E-state index in [0.717, 1.165) is 51.2 Å². The molecule has 0 fully saturated rings. The molecular formula is C119H90I3N5. The standard InChI is InChI=1S/C58H40N2.C26H24N2.C16H9I.C12H8I2.C7H9N/c1-37-17-25-41(26-18-37)59(55-35-33-51-47-11-5-3-9-45(47)49-13-7-15-53(55)57(49)51)43-29-21-39(22-30-43)40-23-31-44(32-24-40)60(42-27-19-38(2)20-28-42)56-36-34-52-48-12-6-4-10-46(48)50-14-8-16-54(56)58(50)52;1-19-3-11-23(12-4-19)27-25-15-7-21(8-16-25)22-9-17-26(18-10-22)28-24-13-5-20(2)6-14-24;17-15-9-8-13-11-5-2-1-4-10(11)12-6-3-7-14(15)16(12)13;13-11-5-1-9(2-6-11)10-3-7-12(14)8-4-10;1-6-2-4-7(8)5-3-6/h3-36H,1-2H3;3-18,27-28H,1-2H3;1-9H;1-8H;2-5H,8H2,1H3. The van der Waals surface area contributed by atoms with Gasteiger partial charge >= 0.3 is 0 Å². The summed E-state index contributed by atoms with van der Waals surface area (Å²) in [4.78, 5) is 4.82. The van der Waals surface area contributed by atoms with E-state index in [9.17, 15) is 0 Å². The van der Waals surface area contributed by atoms with Crippen LogP contribution in [0.3, 0.4) is 0 Å². The van der Waals surface area contributed by atoms with Crippen LogP contribution < -0.4 is 26.2 Å². The normalized spacial score (nSPS) is 11.2. The Morgan fingerprint density at radius 3 is 0.717 bits per heavy atom. The summed E-state index contributed by atoms with van der Waals surface area (Å²) >= 11 is 7.06. The molecule has 3 aliphatic rings. The summed E-state index contributed by atoms with van der Waals surface area (Å²) in [7, 11) is 0. The van der Waals surface area contributed by atoms with Crippen molar-refractivity contribution in [2.45, 2.75) is 34.6 Å². The van der Waals surface area contributed by atoms with Crippen LogP contribution in [0.15, 0.2) is 431 Å². The number of nitrogens with zero attached hydrogens (tertiary/aromatic N) is 2. The summed E-state index contributed by atoms with van der Waals surface area (Å²) in [5, 5.41) is 14.8. The van der Waals surface area contributed by atoms with Crippen molar-refractivity contribution < 1.29 is 0 Å². The van der Waals surface area contributed by atoms with Gasteiger partial charge in [0.15, 0.2) is 0 Å². The van der Waals surface area contributed by atoms with E-state index in [2.05, 4.69) is 522 Å². The fraction of sp³-hybridized carbons (Fsp3) is 0.0420. The summed E-state index contributed by atoms with van der Waals surface area (Å²) in [5.74, 6) is 0. The molecule has 20 aromatic rings. The van der Waals surface area contributed by atoms with Gasteiger partial charge in [-0.15, -0.1) is 0 Å². The minimum Gasteiger partial charge on any atom is -0.399 e. The van der Waals surface area contributed by atoms with E-state index >= 15 is 0 Å². The molecule has 5 nitrogen and oxygen atoms in total. The third-order valence-electron chi connectivity index (χ3n) is 24.1. The third-order valence-corrected chi connectivity index (χ3v) is 26.5. The number of rotatable bonds is 13. The van der Waals surface area contributed by atoms with E-state index in [-0.39, 0.29) is 0 Å². The predicted molar refractivity (Wildman–Crippen MR) is 569 cm³/mol. The van der Waals surface area contributed by atoms with Gasteiger partial charge in [0.1, 0.15) is 0 Å². The number of hydrogen-bond acceptors (Lipinski definition) is 5. The van der Waals surface area contributed by atoms with Crippen molar-refractivity contribution in [1.82, 2.24) is 0 Å². The van der Waals surface area contributed by atoms with Crippen LogP contribution in [0.2, 0.25) is 0 Å². The van der Waals surface area contributed by atoms with Crippen molar-refractivity contribution in [1.29, 1.82) is 0 Å². The highest BCUT2D eigenvalue weighted by Gasteiger charge is 2.28. The highest BCUT2D eigenvalue weighted by molar-refractivity contribution is 14.1. The van der Waals surface area contributed by atoms with E-state index in [1.165, 1.54) is 182 Å². The van der Waals surface area contributed by atoms with E-state index in [1.807, 2.05) is 31.2 Å². The molecule has 3 aliphatic carbocycles. The van der Waals surface area contributed by atoms with Crippen molar-refractivity contribution in [2.24, 2.45) is 0 Å². The van der Waals surface area contributed by atoms with Crippen molar-refractivity contribution in [3.05, 3.63) is 469 Å². The lowest BCUT2D eigenvalue weighted by molar-refractivity contribution is 1.28. The van der Waals surface area contributed by atoms with Gasteiger partial charge in [-0.05, 0) is 376 Å². The second kappa shape index (κ2) is 36.9. The Kier molecular flexibility index (Phi) is 24.1. The number of aryl methyl sites for hydroxylation is 5. The van der Waals surface area contributed by atoms with Gasteiger partial charge in [-0.3, -0.25) is 0 Å². The van der Waals surface area contributed by atoms with E-state index in [4.69, 9.17) is 5.73 Å². The fourth-order valence-electron chi connectivity index (χ4n) is 17.5. The van der Waals surface area contributed by atoms with Crippen molar-refractivity contribution in [2.75, 3.05) is 26.2 Å². The van der Waals surface area contributed by atoms with Crippen LogP contribution in [0.5, 0.6) is 0 Å². The minimum atomic E-state index is 0.829. The second-order valence-electron chi connectivity index (χ2n) is 32.7. The van der Waals surface area contributed by atoms with Crippen LogP contribution in [0.25, 0.3) is 132 Å². The number of anilines is 11. The Labute approximate surface area is 785 Å². The molecule has 127 heavy (non-hydrogen) atoms. The first-order valence-corrected chi connectivity index (χ1v) is 46.2. The number of halogens is 3. The lowest BCUT2D eigenvalue weighted by Gasteiger charge is -2.28. The number of nitrogen functional groups attached to an aromatic ring is 1. The second-order valence-corrected chi connectivity index (χ2v) is 36.3. The first-order valence-electron chi connectivity index (χ1n) is 42.9. The van der Waals surface area contributed by atoms with Gasteiger partial charge in [0.2, 0.25) is 0 Å². The van der Waals surface area contributed by atoms with E-state index in [1.54, 1.807) is 0 Å². The average molecular weight is 1970 g/mol. The molecule has 23 rings (SSSR count). The van der Waals surface area contributed by atoms with Gasteiger partial charge in [-0.2, -0.15) is 0 Å². The Hall–Kier alpha value is -13.6. The Bertz CT molecular complexity index is 6920. The van der Waals surface area contributed by atoms with Crippen LogP contribution in [0, 0.1) is 45.3 Å². The topological polar surface area (TPSA) is 56.6 Å². The maximum absolute atomic E-state index is 5.43. The van der Waals surface area contributed by atoms with Crippen molar-refractivity contribution in [3.8, 4) is 100 Å². The zero-order valence-corrected chi connectivity index (χ0v) is 77.6. The third kappa shape index (κ3) is 17.7. The molecule has 0 radical (unpaired) electrons. The lowest BCUT2D eigenvalue weighted by atomic mass is 9.99. The number of nitrogens with one attached hydrogen (secondary N) is 2. The van der Waals surface area contributed by atoms with Gasteiger partial charge in [0.25, 0.3) is 0 Å². The smallest absolute Gasteiger partial charge is 0.0540 e. The zero-order chi connectivity index (χ0) is 86.6. The van der Waals surface area contributed by atoms with Crippen LogP contribution >= 0.6 is 67.8 Å². The summed E-state index contributed by atoms with van der Waals surface area (Å²) < 4.78 is 3.88. The quantitative estimate of drug-likeness (QED) is 0.0793. The van der Waals surface area contributed by atoms with Crippen LogP contribution in [0.1, 0.15) is 27.8 Å². The first-order chi connectivity index (χ1) is 62.1. The van der Waals surface area contributed by atoms with Crippen LogP contribution in [0.4, 0.5) is 62.6 Å². The summed E-state index contributed by atoms with van der Waals surface area (Å²) in [6, 6.07) is 155. The molecule has 8 heteroatoms. The maximum Gasteiger partial charge on any atom is 0.0540 e. The van der Waals surface area contributed by atoms with E-state index in [0.29, 0.717) is 0 Å². The molecule has 612 valence electrons. The van der Waals surface area contributed by atoms with Gasteiger partial charge in [-0.1, -0.05) is 307 Å². The van der Waals surface area contributed by atoms with Crippen molar-refractivity contribution >= 4 is 163 Å². The molecule has 4 N–H and O–H groups in total. The van der Waals surface area contributed by atoms with Crippen molar-refractivity contribution in [3.63, 3.8) is 0 Å². The zero-order valence-electron chi connectivity index (χ0n) is 71.1. The van der Waals surface area contributed by atoms with Gasteiger partial charge in [-0.25, -0.2) is 0 Å². The Morgan fingerprint density at radius 2 is 0.417 bits per heavy atom. The van der Waals surface area contributed by atoms with Gasteiger partial charge < -0.3 is 26.2 Å². The summed E-state index contributed by atoms with van der Waals surface area (Å²) in [6.45, 7) is 10.5. The van der Waals surface area contributed by atoms with Crippen LogP contribution in [-0.2, 0) is 0 Å². The minimum absolute atomic E-state index is 0.829. The predicted octanol–water partition coefficient (Wildman–Crippen LogP) is 35.2. The molecule has 20 aromatic carbocycles. The molecule has 0 aromatic heterocycles. The first kappa shape index (κ1) is 82.9. The SMILES string of the molecule is Cc1ccc(N(c2ccc(-c3ccc(N(c4ccc(C)cc4)c4ccc5c6c(cccc46)-c4ccccc4-5)cc3)cc2)c2ccc3c4c(cccc24)-c2ccccc2-3)cc1.Cc1ccc(N)cc1.Cc1ccc(Nc2ccc(-c3ccc(Nc4ccc(C)cc4)cc3)cc2)cc1.Ic1ccc(-c2ccc(I)cc2)cc1.Ic1ccc2c3c(cccc13)-c1ccccc1-2. The molecule has 0 spiro atoms. The lowest BCUT2D eigenvalue weighted by Crippen LogP contribution is -2.11. The van der Waals surface area contributed by atoms with Gasteiger partial charge in [0.05, 0.1) is 11.4 Å². The molecular weight excluding hydrogens is 1880 g/mol. The molecule has 0 bridgehead atoms. The molecule has 0 aliphatic heterocycles. The average Bonchev–Trinajstić information content (AvgIpc) is 1.59. The Balaban J connectivity index is 0.000000127. The van der Waals surface area contributed by atoms with Gasteiger partial charge in [0, 0.05) is 72.7 Å². The summed E-state index contributed by atoms with van der Waals surface area (Å²) in [5.41, 5.74) is 47.1. The summed E-state index contributed by atoms with van der Waals surface area (Å²) in [6.07, 6.45) is 0. The molecule has 0 amide bonds. The fourth-order valence-corrected chi connectivity index (χ4v) is 18.9. The molecule has 0 heterocycles. The largest absolute Gasteiger partial charge is 0.399 e. The molecule has 0 atom stereocenters. The highest BCUT2D eigenvalue weighted by Crippen LogP contribution is 2.54. The number of hydrogen-bond donors (Lipinski definition) is 3. The van der Waals surface area contributed by atoms with Crippen LogP contribution in [-0.4, -0.2) is 0 Å². The molecule has 0 saturated heterocycles. The monoisotopic (exact) mass is 1970 g/mol. The number of benzene rings is 20. The maximum atomic E-state index is 5.43. The Morgan fingerprint density at radius 1 is 0.197 bits per heavy atom. The highest BCUT2D eigenvalue weighted by atomic mass is 127.